The Morgan fingerprint density at radius 3 is 2.48 bits per heavy atom. The van der Waals surface area contributed by atoms with Crippen molar-refractivity contribution in [1.29, 1.82) is 0 Å². The monoisotopic (exact) mass is 325 g/mol. The molecule has 0 aromatic heterocycles. The highest BCUT2D eigenvalue weighted by Gasteiger charge is 2.18. The molecule has 0 aliphatic carbocycles. The number of rotatable bonds is 7. The summed E-state index contributed by atoms with van der Waals surface area (Å²) < 4.78 is 18.5. The van der Waals surface area contributed by atoms with Crippen molar-refractivity contribution < 1.29 is 18.7 Å². The Hall–Kier alpha value is -2.15. The van der Waals surface area contributed by atoms with Crippen molar-refractivity contribution in [2.24, 2.45) is 11.7 Å². The zero-order valence-corrected chi connectivity index (χ0v) is 13.9. The van der Waals surface area contributed by atoms with Gasteiger partial charge in [0.25, 0.3) is 0 Å². The molecule has 0 fully saturated rings. The zero-order chi connectivity index (χ0) is 17.6. The van der Waals surface area contributed by atoms with Crippen LogP contribution in [0.15, 0.2) is 18.2 Å². The van der Waals surface area contributed by atoms with E-state index in [1.54, 1.807) is 13.0 Å². The van der Waals surface area contributed by atoms with Crippen molar-refractivity contribution in [1.82, 2.24) is 10.6 Å². The third kappa shape index (κ3) is 5.52. The van der Waals surface area contributed by atoms with Crippen LogP contribution in [0.1, 0.15) is 32.4 Å². The molecule has 1 rings (SSSR count). The van der Waals surface area contributed by atoms with Crippen LogP contribution in [-0.4, -0.2) is 31.5 Å². The fourth-order valence-corrected chi connectivity index (χ4v) is 1.92. The van der Waals surface area contributed by atoms with E-state index in [1.165, 1.54) is 19.2 Å². The van der Waals surface area contributed by atoms with E-state index in [1.807, 2.05) is 13.8 Å². The number of amides is 2. The second kappa shape index (κ2) is 8.47. The lowest BCUT2D eigenvalue weighted by molar-refractivity contribution is -0.127. The van der Waals surface area contributed by atoms with Crippen LogP contribution < -0.4 is 21.1 Å². The van der Waals surface area contributed by atoms with Gasteiger partial charge in [0.1, 0.15) is 0 Å². The third-order valence-corrected chi connectivity index (χ3v) is 3.50. The molecule has 2 amide bonds. The van der Waals surface area contributed by atoms with Crippen LogP contribution >= 0.6 is 0 Å². The summed E-state index contributed by atoms with van der Waals surface area (Å²) >= 11 is 0. The molecule has 0 spiro atoms. The number of carbonyl (C=O) groups is 2. The quantitative estimate of drug-likeness (QED) is 0.700. The van der Waals surface area contributed by atoms with Crippen LogP contribution in [0.3, 0.4) is 0 Å². The summed E-state index contributed by atoms with van der Waals surface area (Å²) in [5, 5.41) is 5.16. The average Bonchev–Trinajstić information content (AvgIpc) is 2.51. The Bertz CT molecular complexity index is 564. The summed E-state index contributed by atoms with van der Waals surface area (Å²) in [5.74, 6) is -1.12. The first-order chi connectivity index (χ1) is 10.8. The van der Waals surface area contributed by atoms with E-state index in [0.29, 0.717) is 5.56 Å². The van der Waals surface area contributed by atoms with Crippen molar-refractivity contribution in [3.63, 3.8) is 0 Å². The molecule has 0 bridgehead atoms. The molecule has 128 valence electrons. The Balaban J connectivity index is 2.54. The summed E-state index contributed by atoms with van der Waals surface area (Å²) in [4.78, 5) is 23.5. The van der Waals surface area contributed by atoms with E-state index in [4.69, 9.17) is 10.5 Å². The average molecular weight is 325 g/mol. The van der Waals surface area contributed by atoms with Crippen molar-refractivity contribution >= 4 is 11.8 Å². The van der Waals surface area contributed by atoms with Crippen molar-refractivity contribution in [3.05, 3.63) is 29.6 Å². The van der Waals surface area contributed by atoms with Gasteiger partial charge in [0, 0.05) is 0 Å². The second-order valence-corrected chi connectivity index (χ2v) is 5.67. The maximum Gasteiger partial charge on any atom is 0.239 e. The lowest BCUT2D eigenvalue weighted by Crippen LogP contribution is -2.47. The normalized spacial score (nSPS) is 13.3. The lowest BCUT2D eigenvalue weighted by atomic mass is 10.1. The number of nitrogens with two attached hydrogens (primary N) is 1. The van der Waals surface area contributed by atoms with Gasteiger partial charge in [-0.25, -0.2) is 4.39 Å². The van der Waals surface area contributed by atoms with Gasteiger partial charge >= 0.3 is 0 Å². The fraction of sp³-hybridized carbons (Fsp3) is 0.500. The van der Waals surface area contributed by atoms with Crippen LogP contribution in [0.25, 0.3) is 0 Å². The standard InChI is InChI=1S/C16H24FN3O3/c1-9(2)15(18)16(22)19-8-14(21)20-10(3)11-5-6-13(23-4)12(17)7-11/h5-7,9-10,15H,8,18H2,1-4H3,(H,19,22)(H,20,21)/t10?,15-/m0/s1. The number of hydrogen-bond donors (Lipinski definition) is 3. The van der Waals surface area contributed by atoms with Crippen molar-refractivity contribution in [2.75, 3.05) is 13.7 Å². The predicted molar refractivity (Wildman–Crippen MR) is 85.3 cm³/mol. The summed E-state index contributed by atoms with van der Waals surface area (Å²) in [6.45, 7) is 5.19. The first kappa shape index (κ1) is 18.9. The van der Waals surface area contributed by atoms with Gasteiger partial charge in [0.05, 0.1) is 25.7 Å². The smallest absolute Gasteiger partial charge is 0.239 e. The molecule has 1 aromatic carbocycles. The Labute approximate surface area is 135 Å². The van der Waals surface area contributed by atoms with Gasteiger partial charge in [-0.3, -0.25) is 9.59 Å². The van der Waals surface area contributed by atoms with E-state index in [-0.39, 0.29) is 30.0 Å². The largest absolute Gasteiger partial charge is 0.494 e. The molecule has 23 heavy (non-hydrogen) atoms. The van der Waals surface area contributed by atoms with Gasteiger partial charge in [-0.1, -0.05) is 19.9 Å². The Morgan fingerprint density at radius 1 is 1.30 bits per heavy atom. The molecular formula is C16H24FN3O3. The third-order valence-electron chi connectivity index (χ3n) is 3.50. The highest BCUT2D eigenvalue weighted by molar-refractivity contribution is 5.87. The van der Waals surface area contributed by atoms with Gasteiger partial charge in [-0.2, -0.15) is 0 Å². The van der Waals surface area contributed by atoms with E-state index in [9.17, 15) is 14.0 Å². The highest BCUT2D eigenvalue weighted by atomic mass is 19.1. The molecule has 6 nitrogen and oxygen atoms in total. The number of benzene rings is 1. The fourth-order valence-electron chi connectivity index (χ4n) is 1.92. The van der Waals surface area contributed by atoms with Gasteiger partial charge < -0.3 is 21.1 Å². The number of hydrogen-bond acceptors (Lipinski definition) is 4. The molecule has 0 radical (unpaired) electrons. The van der Waals surface area contributed by atoms with Gasteiger partial charge in [-0.05, 0) is 30.5 Å². The van der Waals surface area contributed by atoms with Crippen LogP contribution in [0.5, 0.6) is 5.75 Å². The molecule has 0 aliphatic rings. The Kier molecular flexibility index (Phi) is 6.96. The topological polar surface area (TPSA) is 93.5 Å². The Morgan fingerprint density at radius 2 is 1.96 bits per heavy atom. The van der Waals surface area contributed by atoms with Crippen LogP contribution in [0, 0.1) is 11.7 Å². The number of nitrogens with one attached hydrogen (secondary N) is 2. The van der Waals surface area contributed by atoms with E-state index < -0.39 is 17.9 Å². The maximum absolute atomic E-state index is 13.7. The maximum atomic E-state index is 13.7. The number of halogens is 1. The predicted octanol–water partition coefficient (Wildman–Crippen LogP) is 1.11. The summed E-state index contributed by atoms with van der Waals surface area (Å²) in [6, 6.07) is 3.41. The van der Waals surface area contributed by atoms with Crippen molar-refractivity contribution in [3.8, 4) is 5.75 Å². The molecule has 0 saturated carbocycles. The van der Waals surface area contributed by atoms with Crippen LogP contribution in [0.4, 0.5) is 4.39 Å². The van der Waals surface area contributed by atoms with Gasteiger partial charge in [0.2, 0.25) is 11.8 Å². The molecular weight excluding hydrogens is 301 g/mol. The molecule has 0 aliphatic heterocycles. The SMILES string of the molecule is COc1ccc(C(C)NC(=O)CNC(=O)[C@@H](N)C(C)C)cc1F. The minimum absolute atomic E-state index is 0.0146. The van der Waals surface area contributed by atoms with Crippen molar-refractivity contribution in [2.45, 2.75) is 32.9 Å². The summed E-state index contributed by atoms with van der Waals surface area (Å²) in [6.07, 6.45) is 0. The molecule has 2 atom stereocenters. The van der Waals surface area contributed by atoms with E-state index >= 15 is 0 Å². The van der Waals surface area contributed by atoms with Gasteiger partial charge in [0.15, 0.2) is 11.6 Å². The van der Waals surface area contributed by atoms with Gasteiger partial charge in [-0.15, -0.1) is 0 Å². The van der Waals surface area contributed by atoms with E-state index in [2.05, 4.69) is 10.6 Å². The second-order valence-electron chi connectivity index (χ2n) is 5.67. The first-order valence-corrected chi connectivity index (χ1v) is 7.42. The molecule has 0 saturated heterocycles. The number of carbonyl (C=O) groups excluding carboxylic acids is 2. The minimum Gasteiger partial charge on any atom is -0.494 e. The molecule has 1 aromatic rings. The summed E-state index contributed by atoms with van der Waals surface area (Å²) in [5.41, 5.74) is 6.28. The molecule has 4 N–H and O–H groups in total. The summed E-state index contributed by atoms with van der Waals surface area (Å²) in [7, 11) is 1.38. The van der Waals surface area contributed by atoms with Crippen LogP contribution in [-0.2, 0) is 9.59 Å². The minimum atomic E-state index is -0.657. The molecule has 0 heterocycles. The molecule has 7 heteroatoms. The first-order valence-electron chi connectivity index (χ1n) is 7.42. The molecule has 1 unspecified atom stereocenters. The number of ether oxygens (including phenoxy) is 1. The van der Waals surface area contributed by atoms with Crippen LogP contribution in [0.2, 0.25) is 0 Å². The number of methoxy groups -OCH3 is 1. The van der Waals surface area contributed by atoms with E-state index in [0.717, 1.165) is 0 Å². The highest BCUT2D eigenvalue weighted by Crippen LogP contribution is 2.21. The zero-order valence-electron chi connectivity index (χ0n) is 13.9. The lowest BCUT2D eigenvalue weighted by Gasteiger charge is -2.17.